The van der Waals surface area contributed by atoms with Gasteiger partial charge in [-0.25, -0.2) is 0 Å². The molecule has 2 unspecified atom stereocenters. The quantitative estimate of drug-likeness (QED) is 0.866. The highest BCUT2D eigenvalue weighted by molar-refractivity contribution is 5.66. The zero-order valence-corrected chi connectivity index (χ0v) is 10.5. The summed E-state index contributed by atoms with van der Waals surface area (Å²) in [6, 6.07) is 8.20. The van der Waals surface area contributed by atoms with E-state index in [0.29, 0.717) is 6.10 Å². The Labute approximate surface area is 103 Å². The van der Waals surface area contributed by atoms with Crippen molar-refractivity contribution in [3.63, 3.8) is 0 Å². The summed E-state index contributed by atoms with van der Waals surface area (Å²) < 4.78 is 5.35. The Kier molecular flexibility index (Phi) is 3.97. The second-order valence-electron chi connectivity index (χ2n) is 4.66. The molecule has 0 spiro atoms. The summed E-state index contributed by atoms with van der Waals surface area (Å²) in [4.78, 5) is 0. The summed E-state index contributed by atoms with van der Waals surface area (Å²) in [5.74, 6) is 0. The molecule has 0 heterocycles. The van der Waals surface area contributed by atoms with Gasteiger partial charge in [0.15, 0.2) is 0 Å². The average molecular weight is 232 g/mol. The Balaban J connectivity index is 2.10. The van der Waals surface area contributed by atoms with Crippen molar-refractivity contribution < 1.29 is 9.84 Å². The van der Waals surface area contributed by atoms with Crippen molar-refractivity contribution in [2.45, 2.75) is 38.4 Å². The van der Waals surface area contributed by atoms with Crippen molar-refractivity contribution in [3.8, 4) is 0 Å². The lowest BCUT2D eigenvalue weighted by Crippen LogP contribution is -2.13. The molecule has 1 aliphatic carbocycles. The van der Waals surface area contributed by atoms with E-state index < -0.39 is 0 Å². The van der Waals surface area contributed by atoms with Crippen molar-refractivity contribution in [1.29, 1.82) is 0 Å². The summed E-state index contributed by atoms with van der Waals surface area (Å²) in [5.41, 5.74) is 3.64. The van der Waals surface area contributed by atoms with Crippen molar-refractivity contribution >= 4 is 5.57 Å². The van der Waals surface area contributed by atoms with Crippen LogP contribution in [0.25, 0.3) is 5.57 Å². The summed E-state index contributed by atoms with van der Waals surface area (Å²) in [7, 11) is 1.78. The zero-order valence-electron chi connectivity index (χ0n) is 10.5. The number of allylic oxidation sites excluding steroid dienone is 1. The lowest BCUT2D eigenvalue weighted by Gasteiger charge is -2.21. The van der Waals surface area contributed by atoms with E-state index in [-0.39, 0.29) is 6.10 Å². The van der Waals surface area contributed by atoms with Gasteiger partial charge in [0.05, 0.1) is 12.2 Å². The second-order valence-corrected chi connectivity index (χ2v) is 4.66. The molecule has 0 aliphatic heterocycles. The van der Waals surface area contributed by atoms with Crippen molar-refractivity contribution in [3.05, 3.63) is 41.5 Å². The molecule has 1 aliphatic rings. The minimum atomic E-state index is -0.387. The van der Waals surface area contributed by atoms with Crippen LogP contribution in [0.15, 0.2) is 30.3 Å². The maximum Gasteiger partial charge on any atom is 0.0761 e. The van der Waals surface area contributed by atoms with Gasteiger partial charge in [-0.2, -0.15) is 0 Å². The van der Waals surface area contributed by atoms with Gasteiger partial charge in [-0.3, -0.25) is 0 Å². The van der Waals surface area contributed by atoms with Gasteiger partial charge in [-0.15, -0.1) is 0 Å². The third-order valence-corrected chi connectivity index (χ3v) is 3.46. The Bertz CT molecular complexity index is 390. The Morgan fingerprint density at radius 3 is 2.47 bits per heavy atom. The summed E-state index contributed by atoms with van der Waals surface area (Å²) in [6.45, 7) is 1.79. The molecule has 1 aromatic carbocycles. The molecule has 92 valence electrons. The van der Waals surface area contributed by atoms with Crippen LogP contribution in [-0.4, -0.2) is 18.3 Å². The van der Waals surface area contributed by atoms with Crippen LogP contribution in [-0.2, 0) is 4.74 Å². The maximum atomic E-state index is 9.46. The van der Waals surface area contributed by atoms with Gasteiger partial charge in [-0.1, -0.05) is 30.3 Å². The smallest absolute Gasteiger partial charge is 0.0761 e. The topological polar surface area (TPSA) is 29.5 Å². The SMILES string of the molecule is COC1CC=C(c2ccc(C(C)O)cc2)CC1. The molecule has 0 aromatic heterocycles. The predicted molar refractivity (Wildman–Crippen MR) is 69.7 cm³/mol. The molecule has 2 heteroatoms. The van der Waals surface area contributed by atoms with E-state index >= 15 is 0 Å². The Hall–Kier alpha value is -1.12. The van der Waals surface area contributed by atoms with Crippen LogP contribution in [0.4, 0.5) is 0 Å². The fraction of sp³-hybridized carbons (Fsp3) is 0.467. The van der Waals surface area contributed by atoms with Gasteiger partial charge < -0.3 is 9.84 Å². The molecule has 0 saturated carbocycles. The summed E-state index contributed by atoms with van der Waals surface area (Å²) in [5, 5.41) is 9.46. The lowest BCUT2D eigenvalue weighted by atomic mass is 9.91. The van der Waals surface area contributed by atoms with Crippen LogP contribution in [0.3, 0.4) is 0 Å². The lowest BCUT2D eigenvalue weighted by molar-refractivity contribution is 0.0964. The van der Waals surface area contributed by atoms with E-state index in [4.69, 9.17) is 4.74 Å². The van der Waals surface area contributed by atoms with Crippen molar-refractivity contribution in [1.82, 2.24) is 0 Å². The van der Waals surface area contributed by atoms with E-state index in [1.165, 1.54) is 11.1 Å². The Morgan fingerprint density at radius 2 is 2.00 bits per heavy atom. The normalized spacial score (nSPS) is 22.1. The number of hydrogen-bond acceptors (Lipinski definition) is 2. The molecule has 2 rings (SSSR count). The summed E-state index contributed by atoms with van der Waals surface area (Å²) in [6.07, 6.45) is 5.45. The van der Waals surface area contributed by atoms with Crippen LogP contribution in [0.1, 0.15) is 43.4 Å². The average Bonchev–Trinajstić information content (AvgIpc) is 2.39. The number of hydrogen-bond donors (Lipinski definition) is 1. The number of methoxy groups -OCH3 is 1. The highest BCUT2D eigenvalue weighted by atomic mass is 16.5. The van der Waals surface area contributed by atoms with E-state index in [1.807, 2.05) is 12.1 Å². The van der Waals surface area contributed by atoms with E-state index in [9.17, 15) is 5.11 Å². The fourth-order valence-corrected chi connectivity index (χ4v) is 2.26. The molecule has 0 amide bonds. The molecule has 0 bridgehead atoms. The van der Waals surface area contributed by atoms with Gasteiger partial charge in [0.2, 0.25) is 0 Å². The molecule has 0 fully saturated rings. The molecule has 17 heavy (non-hydrogen) atoms. The fourth-order valence-electron chi connectivity index (χ4n) is 2.26. The van der Waals surface area contributed by atoms with Crippen LogP contribution in [0, 0.1) is 0 Å². The van der Waals surface area contributed by atoms with E-state index in [2.05, 4.69) is 18.2 Å². The van der Waals surface area contributed by atoms with Crippen molar-refractivity contribution in [2.24, 2.45) is 0 Å². The summed E-state index contributed by atoms with van der Waals surface area (Å²) >= 11 is 0. The van der Waals surface area contributed by atoms with Crippen LogP contribution < -0.4 is 0 Å². The molecular formula is C15H20O2. The third kappa shape index (κ3) is 2.96. The zero-order chi connectivity index (χ0) is 12.3. The van der Waals surface area contributed by atoms with Crippen LogP contribution in [0.5, 0.6) is 0 Å². The van der Waals surface area contributed by atoms with Gasteiger partial charge >= 0.3 is 0 Å². The monoisotopic (exact) mass is 232 g/mol. The highest BCUT2D eigenvalue weighted by Crippen LogP contribution is 2.28. The van der Waals surface area contributed by atoms with Gasteiger partial charge in [-0.05, 0) is 42.9 Å². The molecule has 0 saturated heterocycles. The van der Waals surface area contributed by atoms with E-state index in [1.54, 1.807) is 14.0 Å². The third-order valence-electron chi connectivity index (χ3n) is 3.46. The predicted octanol–water partition coefficient (Wildman–Crippen LogP) is 3.32. The van der Waals surface area contributed by atoms with Gasteiger partial charge in [0.1, 0.15) is 0 Å². The Morgan fingerprint density at radius 1 is 1.29 bits per heavy atom. The number of rotatable bonds is 3. The first-order valence-electron chi connectivity index (χ1n) is 6.21. The number of aliphatic hydroxyl groups is 1. The van der Waals surface area contributed by atoms with Crippen LogP contribution in [0.2, 0.25) is 0 Å². The molecular weight excluding hydrogens is 212 g/mol. The minimum absolute atomic E-state index is 0.385. The molecule has 2 nitrogen and oxygen atoms in total. The first-order valence-corrected chi connectivity index (χ1v) is 6.21. The maximum absolute atomic E-state index is 9.46. The second kappa shape index (κ2) is 5.48. The first kappa shape index (κ1) is 12.3. The largest absolute Gasteiger partial charge is 0.389 e. The standard InChI is InChI=1S/C15H20O2/c1-11(16)12-3-5-13(6-4-12)14-7-9-15(17-2)10-8-14/h3-7,11,15-16H,8-10H2,1-2H3. The highest BCUT2D eigenvalue weighted by Gasteiger charge is 2.14. The first-order chi connectivity index (χ1) is 8.20. The van der Waals surface area contributed by atoms with Crippen LogP contribution >= 0.6 is 0 Å². The number of benzene rings is 1. The molecule has 0 radical (unpaired) electrons. The van der Waals surface area contributed by atoms with E-state index in [0.717, 1.165) is 24.8 Å². The minimum Gasteiger partial charge on any atom is -0.389 e. The molecule has 2 atom stereocenters. The number of aliphatic hydroxyl groups excluding tert-OH is 1. The molecule has 1 N–H and O–H groups in total. The number of ether oxygens (including phenoxy) is 1. The molecule has 1 aromatic rings. The van der Waals surface area contributed by atoms with Gasteiger partial charge in [0, 0.05) is 7.11 Å². The van der Waals surface area contributed by atoms with Gasteiger partial charge in [0.25, 0.3) is 0 Å². The van der Waals surface area contributed by atoms with Crippen molar-refractivity contribution in [2.75, 3.05) is 7.11 Å².